The highest BCUT2D eigenvalue weighted by Gasteiger charge is 2.33. The minimum Gasteiger partial charge on any atom is -0.350 e. The molecule has 6 rings (SSSR count). The number of amides is 1. The highest BCUT2D eigenvalue weighted by atomic mass is 35.5. The van der Waals surface area contributed by atoms with Gasteiger partial charge in [-0.15, -0.1) is 0 Å². The number of rotatable bonds is 10. The molecule has 44 heavy (non-hydrogen) atoms. The predicted octanol–water partition coefficient (Wildman–Crippen LogP) is 7.02. The van der Waals surface area contributed by atoms with E-state index >= 15 is 0 Å². The number of fused-ring (bicyclic) bond motifs is 1. The van der Waals surface area contributed by atoms with Crippen molar-refractivity contribution in [2.75, 3.05) is 47.3 Å². The summed E-state index contributed by atoms with van der Waals surface area (Å²) in [6.07, 6.45) is 4.60. The summed E-state index contributed by atoms with van der Waals surface area (Å²) >= 11 is 12.6. The summed E-state index contributed by atoms with van der Waals surface area (Å²) in [6.45, 7) is 3.47. The first-order valence-electron chi connectivity index (χ1n) is 15.1. The summed E-state index contributed by atoms with van der Waals surface area (Å²) < 4.78 is 1.95. The molecule has 0 radical (unpaired) electrons. The number of halogens is 2. The summed E-state index contributed by atoms with van der Waals surface area (Å²) in [6, 6.07) is 24.0. The molecule has 0 bridgehead atoms. The number of likely N-dealkylation sites (N-methyl/N-ethyl adjacent to an activating group) is 1. The van der Waals surface area contributed by atoms with E-state index in [0.717, 1.165) is 64.9 Å². The standard InChI is InChI=1S/C35H38Cl2N6O/c1-40(2)17-7-18-41(3)29-16-19-42(23-29)35(44)33-32(30-15-14-27(37)21-31(30)39-33)34-25(20-24-10-12-26(36)13-11-24)22-38-43(34)28-8-5-4-6-9-28/h4-6,8-15,21-22,29,39H,7,16-20,23H2,1-3H3/t29-/m0/s1. The van der Waals surface area contributed by atoms with Crippen LogP contribution in [0.2, 0.25) is 10.0 Å². The van der Waals surface area contributed by atoms with Gasteiger partial charge in [-0.1, -0.05) is 59.6 Å². The quantitative estimate of drug-likeness (QED) is 0.181. The van der Waals surface area contributed by atoms with Crippen molar-refractivity contribution in [2.45, 2.75) is 25.3 Å². The average Bonchev–Trinajstić information content (AvgIpc) is 3.75. The van der Waals surface area contributed by atoms with E-state index in [-0.39, 0.29) is 5.91 Å². The molecule has 1 aliphatic rings. The van der Waals surface area contributed by atoms with E-state index in [1.54, 1.807) is 0 Å². The summed E-state index contributed by atoms with van der Waals surface area (Å²) in [5.74, 6) is -0.00484. The van der Waals surface area contributed by atoms with Crippen LogP contribution in [0.15, 0.2) is 79.0 Å². The Bertz CT molecular complexity index is 1740. The van der Waals surface area contributed by atoms with E-state index in [2.05, 4.69) is 35.9 Å². The van der Waals surface area contributed by atoms with E-state index in [4.69, 9.17) is 28.3 Å². The molecule has 0 aliphatic carbocycles. The second kappa shape index (κ2) is 13.2. The van der Waals surface area contributed by atoms with Crippen LogP contribution >= 0.6 is 23.2 Å². The number of H-pyrrole nitrogens is 1. The predicted molar refractivity (Wildman–Crippen MR) is 180 cm³/mol. The second-order valence-corrected chi connectivity index (χ2v) is 12.8. The Morgan fingerprint density at radius 3 is 2.48 bits per heavy atom. The third-order valence-electron chi connectivity index (χ3n) is 8.55. The van der Waals surface area contributed by atoms with E-state index in [9.17, 15) is 4.79 Å². The van der Waals surface area contributed by atoms with Gasteiger partial charge in [-0.2, -0.15) is 5.10 Å². The van der Waals surface area contributed by atoms with Crippen molar-refractivity contribution in [3.63, 3.8) is 0 Å². The lowest BCUT2D eigenvalue weighted by atomic mass is 9.98. The van der Waals surface area contributed by atoms with Gasteiger partial charge in [0.15, 0.2) is 0 Å². The Balaban J connectivity index is 1.42. The number of benzene rings is 3. The van der Waals surface area contributed by atoms with Crippen LogP contribution in [0.25, 0.3) is 27.8 Å². The summed E-state index contributed by atoms with van der Waals surface area (Å²) in [5.41, 5.74) is 6.17. The normalized spacial score (nSPS) is 15.2. The van der Waals surface area contributed by atoms with Crippen LogP contribution in [0.3, 0.4) is 0 Å². The van der Waals surface area contributed by atoms with Crippen LogP contribution in [0.1, 0.15) is 34.5 Å². The van der Waals surface area contributed by atoms with Gasteiger partial charge < -0.3 is 19.7 Å². The molecule has 9 heteroatoms. The number of carbonyl (C=O) groups excluding carboxylic acids is 1. The first-order valence-corrected chi connectivity index (χ1v) is 15.9. The molecule has 0 saturated carbocycles. The lowest BCUT2D eigenvalue weighted by molar-refractivity contribution is 0.0776. The molecule has 0 unspecified atom stereocenters. The summed E-state index contributed by atoms with van der Waals surface area (Å²) in [5, 5.41) is 7.12. The minimum atomic E-state index is -0.00484. The van der Waals surface area contributed by atoms with Crippen molar-refractivity contribution < 1.29 is 4.79 Å². The molecule has 0 spiro atoms. The van der Waals surface area contributed by atoms with Gasteiger partial charge in [-0.25, -0.2) is 4.68 Å². The van der Waals surface area contributed by atoms with Gasteiger partial charge in [0, 0.05) is 57.6 Å². The van der Waals surface area contributed by atoms with Crippen LogP contribution < -0.4 is 0 Å². The van der Waals surface area contributed by atoms with Crippen LogP contribution in [-0.2, 0) is 6.42 Å². The smallest absolute Gasteiger partial charge is 0.271 e. The van der Waals surface area contributed by atoms with Gasteiger partial charge in [-0.05, 0) is 89.0 Å². The SMILES string of the molecule is CN(C)CCCN(C)[C@H]1CCN(C(=O)c2[nH]c3cc(Cl)ccc3c2-c2c(Cc3ccc(Cl)cc3)cnn2-c2ccccc2)C1. The van der Waals surface area contributed by atoms with Crippen molar-refractivity contribution in [3.05, 3.63) is 106 Å². The van der Waals surface area contributed by atoms with E-state index in [1.165, 1.54) is 0 Å². The van der Waals surface area contributed by atoms with Gasteiger partial charge in [0.25, 0.3) is 5.91 Å². The number of aromatic nitrogens is 3. The number of hydrogen-bond acceptors (Lipinski definition) is 4. The molecule has 2 aromatic heterocycles. The number of aromatic amines is 1. The molecule has 5 aromatic rings. The third kappa shape index (κ3) is 6.42. The van der Waals surface area contributed by atoms with Crippen LogP contribution in [0.5, 0.6) is 0 Å². The summed E-state index contributed by atoms with van der Waals surface area (Å²) in [4.78, 5) is 24.5. The first kappa shape index (κ1) is 30.4. The monoisotopic (exact) mass is 628 g/mol. The highest BCUT2D eigenvalue weighted by Crippen LogP contribution is 2.39. The van der Waals surface area contributed by atoms with Crippen LogP contribution in [-0.4, -0.2) is 88.7 Å². The van der Waals surface area contributed by atoms with Crippen LogP contribution in [0.4, 0.5) is 0 Å². The fourth-order valence-corrected chi connectivity index (χ4v) is 6.50. The first-order chi connectivity index (χ1) is 21.3. The van der Waals surface area contributed by atoms with Gasteiger partial charge in [0.1, 0.15) is 5.69 Å². The molecule has 1 aliphatic heterocycles. The maximum Gasteiger partial charge on any atom is 0.271 e. The van der Waals surface area contributed by atoms with Crippen LogP contribution in [0, 0.1) is 0 Å². The van der Waals surface area contributed by atoms with Crippen molar-refractivity contribution in [1.82, 2.24) is 29.5 Å². The van der Waals surface area contributed by atoms with Gasteiger partial charge >= 0.3 is 0 Å². The van der Waals surface area contributed by atoms with Crippen molar-refractivity contribution in [1.29, 1.82) is 0 Å². The Morgan fingerprint density at radius 1 is 0.977 bits per heavy atom. The van der Waals surface area contributed by atoms with Gasteiger partial charge in [0.05, 0.1) is 17.6 Å². The number of hydrogen-bond donors (Lipinski definition) is 1. The number of nitrogens with one attached hydrogen (secondary N) is 1. The Kier molecular flexibility index (Phi) is 9.10. The Labute approximate surface area is 269 Å². The van der Waals surface area contributed by atoms with E-state index in [0.29, 0.717) is 41.3 Å². The second-order valence-electron chi connectivity index (χ2n) is 12.0. The molecular weight excluding hydrogens is 591 g/mol. The average molecular weight is 630 g/mol. The largest absolute Gasteiger partial charge is 0.350 e. The van der Waals surface area contributed by atoms with Gasteiger partial charge in [0.2, 0.25) is 0 Å². The fourth-order valence-electron chi connectivity index (χ4n) is 6.20. The topological polar surface area (TPSA) is 60.4 Å². The number of nitrogens with zero attached hydrogens (tertiary/aromatic N) is 5. The zero-order valence-corrected chi connectivity index (χ0v) is 26.9. The maximum absolute atomic E-state index is 14.4. The number of para-hydroxylation sites is 1. The van der Waals surface area contributed by atoms with Crippen molar-refractivity contribution in [2.24, 2.45) is 0 Å². The van der Waals surface area contributed by atoms with E-state index in [1.807, 2.05) is 88.6 Å². The number of likely N-dealkylation sites (tertiary alicyclic amines) is 1. The number of carbonyl (C=O) groups is 1. The van der Waals surface area contributed by atoms with Gasteiger partial charge in [-0.3, -0.25) is 4.79 Å². The molecule has 1 fully saturated rings. The molecule has 3 heterocycles. The molecule has 1 amide bonds. The molecule has 3 aromatic carbocycles. The lowest BCUT2D eigenvalue weighted by Crippen LogP contribution is -2.37. The Morgan fingerprint density at radius 2 is 1.73 bits per heavy atom. The fraction of sp³-hybridized carbons (Fsp3) is 0.314. The van der Waals surface area contributed by atoms with Crippen molar-refractivity contribution >= 4 is 40.0 Å². The van der Waals surface area contributed by atoms with E-state index < -0.39 is 0 Å². The zero-order valence-electron chi connectivity index (χ0n) is 25.4. The minimum absolute atomic E-state index is 0.00484. The third-order valence-corrected chi connectivity index (χ3v) is 9.04. The Hall–Kier alpha value is -3.62. The molecule has 228 valence electrons. The zero-order chi connectivity index (χ0) is 30.8. The molecular formula is C35H38Cl2N6O. The van der Waals surface area contributed by atoms with Crippen molar-refractivity contribution in [3.8, 4) is 16.9 Å². The molecule has 1 atom stereocenters. The summed E-state index contributed by atoms with van der Waals surface area (Å²) in [7, 11) is 6.38. The molecule has 7 nitrogen and oxygen atoms in total. The molecule has 1 N–H and O–H groups in total. The maximum atomic E-state index is 14.4. The molecule has 1 saturated heterocycles. The highest BCUT2D eigenvalue weighted by molar-refractivity contribution is 6.31. The lowest BCUT2D eigenvalue weighted by Gasteiger charge is -2.25.